The molecular formula is C25H26N2O2. The zero-order valence-electron chi connectivity index (χ0n) is 17.1. The minimum atomic E-state index is -0.196. The topological polar surface area (TPSA) is 49.4 Å². The van der Waals surface area contributed by atoms with Gasteiger partial charge in [-0.25, -0.2) is 0 Å². The first kappa shape index (κ1) is 20.3. The predicted molar refractivity (Wildman–Crippen MR) is 117 cm³/mol. The van der Waals surface area contributed by atoms with Crippen molar-refractivity contribution in [1.82, 2.24) is 4.90 Å². The Hall–Kier alpha value is -3.40. The minimum Gasteiger partial charge on any atom is -0.332 e. The van der Waals surface area contributed by atoms with E-state index in [9.17, 15) is 9.59 Å². The predicted octanol–water partition coefficient (Wildman–Crippen LogP) is 5.30. The van der Waals surface area contributed by atoms with E-state index in [-0.39, 0.29) is 17.9 Å². The normalized spacial score (nSPS) is 10.6. The van der Waals surface area contributed by atoms with Gasteiger partial charge in [-0.3, -0.25) is 9.59 Å². The van der Waals surface area contributed by atoms with Crippen LogP contribution in [0.1, 0.15) is 45.7 Å². The van der Waals surface area contributed by atoms with Crippen LogP contribution in [-0.2, 0) is 6.54 Å². The number of aryl methyl sites for hydroxylation is 1. The summed E-state index contributed by atoms with van der Waals surface area (Å²) in [6.45, 7) is 6.56. The van der Waals surface area contributed by atoms with Crippen molar-refractivity contribution in [2.75, 3.05) is 5.32 Å². The first-order valence-electron chi connectivity index (χ1n) is 9.77. The average Bonchev–Trinajstić information content (AvgIpc) is 2.74. The molecule has 0 saturated heterocycles. The molecule has 3 aromatic carbocycles. The molecule has 0 aromatic heterocycles. The van der Waals surface area contributed by atoms with Crippen molar-refractivity contribution in [1.29, 1.82) is 0 Å². The minimum absolute atomic E-state index is 0.0469. The molecule has 2 amide bonds. The fraction of sp³-hybridized carbons (Fsp3) is 0.200. The van der Waals surface area contributed by atoms with Crippen molar-refractivity contribution < 1.29 is 9.59 Å². The summed E-state index contributed by atoms with van der Waals surface area (Å²) in [6.07, 6.45) is 0. The molecule has 29 heavy (non-hydrogen) atoms. The molecule has 0 heterocycles. The van der Waals surface area contributed by atoms with Crippen LogP contribution >= 0.6 is 0 Å². The summed E-state index contributed by atoms with van der Waals surface area (Å²) in [4.78, 5) is 27.3. The van der Waals surface area contributed by atoms with Crippen molar-refractivity contribution in [2.24, 2.45) is 0 Å². The van der Waals surface area contributed by atoms with E-state index in [1.165, 1.54) is 0 Å². The van der Waals surface area contributed by atoms with Crippen molar-refractivity contribution in [3.8, 4) is 0 Å². The molecule has 0 aliphatic heterocycles. The van der Waals surface area contributed by atoms with Crippen LogP contribution in [0.3, 0.4) is 0 Å². The van der Waals surface area contributed by atoms with Crippen molar-refractivity contribution in [3.05, 3.63) is 101 Å². The molecule has 0 spiro atoms. The number of carbonyl (C=O) groups is 2. The quantitative estimate of drug-likeness (QED) is 0.625. The monoisotopic (exact) mass is 386 g/mol. The molecule has 0 aliphatic carbocycles. The van der Waals surface area contributed by atoms with Crippen LogP contribution in [0.4, 0.5) is 5.69 Å². The van der Waals surface area contributed by atoms with Crippen LogP contribution in [0, 0.1) is 6.92 Å². The largest absolute Gasteiger partial charge is 0.332 e. The molecule has 0 atom stereocenters. The Morgan fingerprint density at radius 3 is 2.00 bits per heavy atom. The first-order chi connectivity index (χ1) is 13.9. The molecule has 1 N–H and O–H groups in total. The molecule has 148 valence electrons. The highest BCUT2D eigenvalue weighted by atomic mass is 16.2. The third-order valence-corrected chi connectivity index (χ3v) is 4.78. The Morgan fingerprint density at radius 1 is 0.828 bits per heavy atom. The lowest BCUT2D eigenvalue weighted by atomic mass is 10.1. The number of amides is 2. The summed E-state index contributed by atoms with van der Waals surface area (Å²) in [5.41, 5.74) is 4.05. The van der Waals surface area contributed by atoms with Gasteiger partial charge >= 0.3 is 0 Å². The second kappa shape index (κ2) is 9.20. The summed E-state index contributed by atoms with van der Waals surface area (Å²) in [5.74, 6) is -0.243. The van der Waals surface area contributed by atoms with Gasteiger partial charge in [0.05, 0.1) is 0 Å². The van der Waals surface area contributed by atoms with Crippen LogP contribution in [-0.4, -0.2) is 22.8 Å². The van der Waals surface area contributed by atoms with Crippen molar-refractivity contribution >= 4 is 17.5 Å². The van der Waals surface area contributed by atoms with Gasteiger partial charge in [0.25, 0.3) is 11.8 Å². The highest BCUT2D eigenvalue weighted by Gasteiger charge is 2.19. The Morgan fingerprint density at radius 2 is 1.41 bits per heavy atom. The molecule has 3 aromatic rings. The van der Waals surface area contributed by atoms with Crippen molar-refractivity contribution in [3.63, 3.8) is 0 Å². The third kappa shape index (κ3) is 5.32. The van der Waals surface area contributed by atoms with Gasteiger partial charge in [0, 0.05) is 29.4 Å². The zero-order chi connectivity index (χ0) is 20.8. The van der Waals surface area contributed by atoms with Gasteiger partial charge in [-0.05, 0) is 62.7 Å². The maximum atomic E-state index is 13.0. The van der Waals surface area contributed by atoms with E-state index in [1.807, 2.05) is 80.3 Å². The lowest BCUT2D eigenvalue weighted by Gasteiger charge is -2.27. The van der Waals surface area contributed by atoms with Gasteiger partial charge in [-0.2, -0.15) is 0 Å². The van der Waals surface area contributed by atoms with E-state index < -0.39 is 0 Å². The number of nitrogens with zero attached hydrogens (tertiary/aromatic N) is 1. The number of hydrogen-bond acceptors (Lipinski definition) is 2. The molecule has 4 nitrogen and oxygen atoms in total. The molecule has 4 heteroatoms. The van der Waals surface area contributed by atoms with Gasteiger partial charge in [-0.15, -0.1) is 0 Å². The van der Waals surface area contributed by atoms with E-state index in [4.69, 9.17) is 0 Å². The van der Waals surface area contributed by atoms with E-state index in [1.54, 1.807) is 24.3 Å². The molecule has 0 bridgehead atoms. The van der Waals surface area contributed by atoms with Crippen LogP contribution in [0.25, 0.3) is 0 Å². The fourth-order valence-electron chi connectivity index (χ4n) is 3.04. The van der Waals surface area contributed by atoms with Crippen LogP contribution in [0.15, 0.2) is 78.9 Å². The number of carbonyl (C=O) groups excluding carboxylic acids is 2. The average molecular weight is 386 g/mol. The molecule has 0 radical (unpaired) electrons. The van der Waals surface area contributed by atoms with Gasteiger partial charge in [0.1, 0.15) is 0 Å². The zero-order valence-corrected chi connectivity index (χ0v) is 17.1. The highest BCUT2D eigenvalue weighted by molar-refractivity contribution is 6.05. The van der Waals surface area contributed by atoms with Gasteiger partial charge < -0.3 is 10.2 Å². The van der Waals surface area contributed by atoms with Crippen LogP contribution in [0.2, 0.25) is 0 Å². The van der Waals surface area contributed by atoms with E-state index in [2.05, 4.69) is 5.32 Å². The number of nitrogens with one attached hydrogen (secondary N) is 1. The molecule has 0 saturated carbocycles. The summed E-state index contributed by atoms with van der Waals surface area (Å²) >= 11 is 0. The van der Waals surface area contributed by atoms with Gasteiger partial charge in [0.2, 0.25) is 0 Å². The molecule has 0 aliphatic rings. The first-order valence-corrected chi connectivity index (χ1v) is 9.77. The van der Waals surface area contributed by atoms with E-state index in [0.29, 0.717) is 17.7 Å². The third-order valence-electron chi connectivity index (χ3n) is 4.78. The standard InChI is InChI=1S/C25H26N2O2/c1-18(2)27(17-20-7-5-4-6-8-20)25(29)22-13-11-21(12-14-22)24(28)26-23-15-9-19(3)10-16-23/h4-16,18H,17H2,1-3H3,(H,26,28). The number of benzene rings is 3. The number of anilines is 1. The van der Waals surface area contributed by atoms with Crippen molar-refractivity contribution in [2.45, 2.75) is 33.4 Å². The van der Waals surface area contributed by atoms with E-state index in [0.717, 1.165) is 16.8 Å². The van der Waals surface area contributed by atoms with Crippen LogP contribution < -0.4 is 5.32 Å². The van der Waals surface area contributed by atoms with E-state index >= 15 is 0 Å². The summed E-state index contributed by atoms with van der Waals surface area (Å²) in [7, 11) is 0. The lowest BCUT2D eigenvalue weighted by molar-refractivity contribution is 0.0690. The summed E-state index contributed by atoms with van der Waals surface area (Å²) < 4.78 is 0. The highest BCUT2D eigenvalue weighted by Crippen LogP contribution is 2.16. The Bertz CT molecular complexity index is 962. The molecule has 0 unspecified atom stereocenters. The number of rotatable bonds is 6. The summed E-state index contributed by atoms with van der Waals surface area (Å²) in [6, 6.07) is 24.5. The SMILES string of the molecule is Cc1ccc(NC(=O)c2ccc(C(=O)N(Cc3ccccc3)C(C)C)cc2)cc1. The molecule has 3 rings (SSSR count). The Kier molecular flexibility index (Phi) is 6.45. The maximum absolute atomic E-state index is 13.0. The van der Waals surface area contributed by atoms with Crippen LogP contribution in [0.5, 0.6) is 0 Å². The Labute approximate surface area is 172 Å². The molecule has 0 fully saturated rings. The smallest absolute Gasteiger partial charge is 0.255 e. The maximum Gasteiger partial charge on any atom is 0.255 e. The second-order valence-corrected chi connectivity index (χ2v) is 7.41. The Balaban J connectivity index is 1.71. The molecular weight excluding hydrogens is 360 g/mol. The fourth-order valence-corrected chi connectivity index (χ4v) is 3.04. The van der Waals surface area contributed by atoms with Gasteiger partial charge in [0.15, 0.2) is 0 Å². The number of hydrogen-bond donors (Lipinski definition) is 1. The van der Waals surface area contributed by atoms with Gasteiger partial charge in [-0.1, -0.05) is 48.0 Å². The lowest BCUT2D eigenvalue weighted by Crippen LogP contribution is -2.36. The summed E-state index contributed by atoms with van der Waals surface area (Å²) in [5, 5.41) is 2.87. The second-order valence-electron chi connectivity index (χ2n) is 7.41.